The van der Waals surface area contributed by atoms with E-state index in [-0.39, 0.29) is 5.91 Å². The average molecular weight is 308 g/mol. The quantitative estimate of drug-likeness (QED) is 0.871. The molecule has 0 spiro atoms. The van der Waals surface area contributed by atoms with Gasteiger partial charge in [-0.25, -0.2) is 0 Å². The van der Waals surface area contributed by atoms with Gasteiger partial charge in [0.25, 0.3) is 0 Å². The fourth-order valence-electron chi connectivity index (χ4n) is 2.63. The minimum atomic E-state index is -0.950. The van der Waals surface area contributed by atoms with Gasteiger partial charge in [0, 0.05) is 42.0 Å². The third-order valence-corrected chi connectivity index (χ3v) is 4.97. The summed E-state index contributed by atoms with van der Waals surface area (Å²) in [6, 6.07) is 7.63. The normalized spacial score (nSPS) is 19.4. The molecule has 5 heteroatoms. The van der Waals surface area contributed by atoms with Crippen molar-refractivity contribution in [3.8, 4) is 0 Å². The molecule has 21 heavy (non-hydrogen) atoms. The van der Waals surface area contributed by atoms with Crippen LogP contribution >= 0.6 is 0 Å². The topological polar surface area (TPSA) is 49.4 Å². The van der Waals surface area contributed by atoms with E-state index < -0.39 is 10.8 Å². The summed E-state index contributed by atoms with van der Waals surface area (Å²) in [4.78, 5) is 14.7. The highest BCUT2D eigenvalue weighted by atomic mass is 32.2. The van der Waals surface area contributed by atoms with E-state index in [0.717, 1.165) is 30.0 Å². The van der Waals surface area contributed by atoms with Crippen LogP contribution < -0.4 is 5.32 Å². The van der Waals surface area contributed by atoms with Crippen molar-refractivity contribution in [3.05, 3.63) is 29.8 Å². The molecule has 1 aromatic carbocycles. The number of carbonyl (C=O) groups excluding carboxylic acids is 1. The van der Waals surface area contributed by atoms with Gasteiger partial charge in [-0.1, -0.05) is 12.1 Å². The van der Waals surface area contributed by atoms with Crippen molar-refractivity contribution in [3.63, 3.8) is 0 Å². The average Bonchev–Trinajstić information content (AvgIpc) is 2.98. The van der Waals surface area contributed by atoms with Gasteiger partial charge in [0.15, 0.2) is 0 Å². The lowest BCUT2D eigenvalue weighted by molar-refractivity contribution is -0.130. The van der Waals surface area contributed by atoms with Crippen LogP contribution in [0.2, 0.25) is 0 Å². The van der Waals surface area contributed by atoms with Crippen LogP contribution in [0.25, 0.3) is 0 Å². The zero-order valence-corrected chi connectivity index (χ0v) is 13.6. The summed E-state index contributed by atoms with van der Waals surface area (Å²) in [7, 11) is 0.899. The first-order valence-electron chi connectivity index (χ1n) is 7.43. The van der Waals surface area contributed by atoms with Gasteiger partial charge in [-0.2, -0.15) is 0 Å². The molecule has 1 fully saturated rings. The Morgan fingerprint density at radius 2 is 2.10 bits per heavy atom. The molecule has 0 bridgehead atoms. The summed E-state index contributed by atoms with van der Waals surface area (Å²) in [6.45, 7) is 2.74. The first-order chi connectivity index (χ1) is 10.1. The van der Waals surface area contributed by atoms with Gasteiger partial charge in [0.2, 0.25) is 5.91 Å². The fraction of sp³-hybridized carbons (Fsp3) is 0.562. The van der Waals surface area contributed by atoms with Crippen molar-refractivity contribution in [1.29, 1.82) is 0 Å². The Kier molecular flexibility index (Phi) is 5.94. The highest BCUT2D eigenvalue weighted by Gasteiger charge is 2.17. The summed E-state index contributed by atoms with van der Waals surface area (Å²) in [6.07, 6.45) is 4.46. The number of benzene rings is 1. The molecule has 0 saturated carbocycles. The van der Waals surface area contributed by atoms with Crippen molar-refractivity contribution in [2.75, 3.05) is 26.4 Å². The van der Waals surface area contributed by atoms with Crippen LogP contribution in [-0.4, -0.2) is 41.4 Å². The lowest BCUT2D eigenvalue weighted by Gasteiger charge is -2.18. The van der Waals surface area contributed by atoms with Gasteiger partial charge in [0.05, 0.1) is 0 Å². The highest BCUT2D eigenvalue weighted by molar-refractivity contribution is 7.84. The second-order valence-electron chi connectivity index (χ2n) is 5.75. The minimum Gasteiger partial charge on any atom is -0.341 e. The molecular weight excluding hydrogens is 284 g/mol. The second kappa shape index (κ2) is 7.71. The molecule has 2 atom stereocenters. The SMILES string of the molecule is CN(Cc1ccc(S(C)=O)cc1)C(=O)CCC1CCNC1. The summed E-state index contributed by atoms with van der Waals surface area (Å²) >= 11 is 0. The van der Waals surface area contributed by atoms with Crippen LogP contribution in [0.5, 0.6) is 0 Å². The van der Waals surface area contributed by atoms with Gasteiger partial charge in [-0.3, -0.25) is 9.00 Å². The maximum absolute atomic E-state index is 12.1. The molecule has 1 saturated heterocycles. The molecule has 1 aromatic rings. The van der Waals surface area contributed by atoms with Crippen molar-refractivity contribution in [2.24, 2.45) is 5.92 Å². The van der Waals surface area contributed by atoms with E-state index in [1.165, 1.54) is 6.42 Å². The maximum Gasteiger partial charge on any atom is 0.222 e. The van der Waals surface area contributed by atoms with Crippen LogP contribution in [0.3, 0.4) is 0 Å². The molecule has 116 valence electrons. The number of nitrogens with one attached hydrogen (secondary N) is 1. The van der Waals surface area contributed by atoms with Gasteiger partial charge in [-0.05, 0) is 49.5 Å². The Morgan fingerprint density at radius 1 is 1.38 bits per heavy atom. The van der Waals surface area contributed by atoms with E-state index in [2.05, 4.69) is 5.32 Å². The highest BCUT2D eigenvalue weighted by Crippen LogP contribution is 2.16. The van der Waals surface area contributed by atoms with Crippen molar-refractivity contribution in [2.45, 2.75) is 30.7 Å². The monoisotopic (exact) mass is 308 g/mol. The largest absolute Gasteiger partial charge is 0.341 e. The number of nitrogens with zero attached hydrogens (tertiary/aromatic N) is 1. The molecular formula is C16H24N2O2S. The second-order valence-corrected chi connectivity index (χ2v) is 7.13. The van der Waals surface area contributed by atoms with E-state index in [1.807, 2.05) is 31.3 Å². The molecule has 1 aliphatic rings. The number of hydrogen-bond donors (Lipinski definition) is 1. The van der Waals surface area contributed by atoms with Crippen LogP contribution in [0.1, 0.15) is 24.8 Å². The summed E-state index contributed by atoms with van der Waals surface area (Å²) in [5, 5.41) is 3.33. The molecule has 1 heterocycles. The maximum atomic E-state index is 12.1. The lowest BCUT2D eigenvalue weighted by Crippen LogP contribution is -2.26. The number of carbonyl (C=O) groups is 1. The number of hydrogen-bond acceptors (Lipinski definition) is 3. The third-order valence-electron chi connectivity index (χ3n) is 4.03. The minimum absolute atomic E-state index is 0.199. The van der Waals surface area contributed by atoms with Crippen LogP contribution in [0, 0.1) is 5.92 Å². The molecule has 1 amide bonds. The molecule has 2 rings (SSSR count). The Labute approximate surface area is 129 Å². The third kappa shape index (κ3) is 4.93. The predicted molar refractivity (Wildman–Crippen MR) is 85.5 cm³/mol. The van der Waals surface area contributed by atoms with E-state index in [9.17, 15) is 9.00 Å². The van der Waals surface area contributed by atoms with Crippen LogP contribution in [0.15, 0.2) is 29.2 Å². The lowest BCUT2D eigenvalue weighted by atomic mass is 10.0. The molecule has 1 N–H and O–H groups in total. The Morgan fingerprint density at radius 3 is 2.67 bits per heavy atom. The first-order valence-corrected chi connectivity index (χ1v) is 8.99. The molecule has 1 aliphatic heterocycles. The zero-order chi connectivity index (χ0) is 15.2. The number of rotatable bonds is 6. The van der Waals surface area contributed by atoms with Gasteiger partial charge < -0.3 is 10.2 Å². The molecule has 4 nitrogen and oxygen atoms in total. The molecule has 0 aliphatic carbocycles. The van der Waals surface area contributed by atoms with E-state index >= 15 is 0 Å². The first kappa shape index (κ1) is 16.2. The Bertz CT molecular complexity index is 496. The van der Waals surface area contributed by atoms with Gasteiger partial charge in [0.1, 0.15) is 0 Å². The predicted octanol–water partition coefficient (Wildman–Crippen LogP) is 1.77. The molecule has 2 unspecified atom stereocenters. The van der Waals surface area contributed by atoms with Crippen LogP contribution in [0.4, 0.5) is 0 Å². The van der Waals surface area contributed by atoms with E-state index in [4.69, 9.17) is 0 Å². The molecule has 0 aromatic heterocycles. The summed E-state index contributed by atoms with van der Waals surface area (Å²) in [5.41, 5.74) is 1.07. The van der Waals surface area contributed by atoms with Crippen molar-refractivity contribution >= 4 is 16.7 Å². The fourth-order valence-corrected chi connectivity index (χ4v) is 3.15. The van der Waals surface area contributed by atoms with Gasteiger partial charge in [-0.15, -0.1) is 0 Å². The van der Waals surface area contributed by atoms with E-state index in [1.54, 1.807) is 11.2 Å². The van der Waals surface area contributed by atoms with Crippen LogP contribution in [-0.2, 0) is 22.1 Å². The standard InChI is InChI=1S/C16H24N2O2S/c1-18(16(19)8-5-13-9-10-17-11-13)12-14-3-6-15(7-4-14)21(2)20/h3-4,6-7,13,17H,5,8-12H2,1-2H3. The Hall–Kier alpha value is -1.20. The van der Waals surface area contributed by atoms with Crippen molar-refractivity contribution < 1.29 is 9.00 Å². The number of amides is 1. The zero-order valence-electron chi connectivity index (χ0n) is 12.8. The summed E-state index contributed by atoms with van der Waals surface area (Å²) in [5.74, 6) is 0.853. The van der Waals surface area contributed by atoms with Gasteiger partial charge >= 0.3 is 0 Å². The van der Waals surface area contributed by atoms with Crippen molar-refractivity contribution in [1.82, 2.24) is 10.2 Å². The van der Waals surface area contributed by atoms with E-state index in [0.29, 0.717) is 18.9 Å². The summed E-state index contributed by atoms with van der Waals surface area (Å²) < 4.78 is 11.3. The Balaban J connectivity index is 1.80. The smallest absolute Gasteiger partial charge is 0.222 e. The molecule has 0 radical (unpaired) electrons.